The van der Waals surface area contributed by atoms with Crippen molar-refractivity contribution in [2.24, 2.45) is 0 Å². The van der Waals surface area contributed by atoms with Crippen LogP contribution < -0.4 is 0 Å². The zero-order valence-corrected chi connectivity index (χ0v) is 11.7. The van der Waals surface area contributed by atoms with Crippen molar-refractivity contribution in [3.05, 3.63) is 24.3 Å². The molecule has 0 fully saturated rings. The minimum absolute atomic E-state index is 0.317. The summed E-state index contributed by atoms with van der Waals surface area (Å²) in [6.07, 6.45) is 6.08. The Balaban J connectivity index is 4.30. The van der Waals surface area contributed by atoms with Crippen LogP contribution in [0.3, 0.4) is 0 Å². The molecule has 0 spiro atoms. The number of hydrogen-bond donors (Lipinski definition) is 0. The van der Waals surface area contributed by atoms with Crippen LogP contribution in [0.25, 0.3) is 0 Å². The van der Waals surface area contributed by atoms with E-state index in [1.54, 1.807) is 46.8 Å². The number of carbonyl (C=O) groups excluding carboxylic acids is 2. The van der Waals surface area contributed by atoms with Crippen molar-refractivity contribution in [1.82, 2.24) is 0 Å². The lowest BCUT2D eigenvalue weighted by atomic mass is 10.0. The highest BCUT2D eigenvalue weighted by atomic mass is 16.6. The third-order valence-electron chi connectivity index (χ3n) is 2.08. The lowest BCUT2D eigenvalue weighted by molar-refractivity contribution is -0.155. The van der Waals surface area contributed by atoms with Crippen LogP contribution in [0.15, 0.2) is 24.3 Å². The van der Waals surface area contributed by atoms with E-state index in [4.69, 9.17) is 9.47 Å². The Labute approximate surface area is 109 Å². The van der Waals surface area contributed by atoms with Gasteiger partial charge in [-0.25, -0.2) is 9.59 Å². The van der Waals surface area contributed by atoms with Gasteiger partial charge in [-0.2, -0.15) is 0 Å². The molecule has 0 saturated heterocycles. The quantitative estimate of drug-likeness (QED) is 0.540. The number of rotatable bonds is 6. The molecule has 0 aliphatic carbocycles. The maximum Gasteiger partial charge on any atom is 0.330 e. The Kier molecular flexibility index (Phi) is 7.01. The van der Waals surface area contributed by atoms with E-state index in [0.717, 1.165) is 0 Å². The van der Waals surface area contributed by atoms with Gasteiger partial charge in [0.25, 0.3) is 0 Å². The van der Waals surface area contributed by atoms with Gasteiger partial charge in [-0.1, -0.05) is 12.2 Å². The Morgan fingerprint density at radius 2 is 1.61 bits per heavy atom. The van der Waals surface area contributed by atoms with E-state index in [1.807, 2.05) is 0 Å². The molecule has 1 atom stereocenters. The molecule has 0 rings (SSSR count). The first kappa shape index (κ1) is 16.4. The van der Waals surface area contributed by atoms with Gasteiger partial charge in [0.15, 0.2) is 0 Å². The van der Waals surface area contributed by atoms with E-state index in [9.17, 15) is 9.59 Å². The van der Waals surface area contributed by atoms with E-state index >= 15 is 0 Å². The first-order chi connectivity index (χ1) is 8.30. The van der Waals surface area contributed by atoms with Gasteiger partial charge in [-0.15, -0.1) is 0 Å². The van der Waals surface area contributed by atoms with Gasteiger partial charge in [-0.3, -0.25) is 0 Å². The molecule has 0 saturated carbocycles. The number of ether oxygens (including phenoxy) is 2. The molecule has 0 radical (unpaired) electrons. The largest absolute Gasteiger partial charge is 0.459 e. The van der Waals surface area contributed by atoms with Gasteiger partial charge in [-0.05, 0) is 34.6 Å². The van der Waals surface area contributed by atoms with E-state index in [0.29, 0.717) is 6.42 Å². The Bertz CT molecular complexity index is 340. The molecule has 0 bridgehead atoms. The lowest BCUT2D eigenvalue weighted by Gasteiger charge is -2.27. The highest BCUT2D eigenvalue weighted by Crippen LogP contribution is 2.19. The topological polar surface area (TPSA) is 52.6 Å². The molecule has 0 amide bonds. The summed E-state index contributed by atoms with van der Waals surface area (Å²) in [5.41, 5.74) is -0.674. The third kappa shape index (κ3) is 7.65. The Morgan fingerprint density at radius 3 is 2.11 bits per heavy atom. The second-order valence-electron chi connectivity index (χ2n) is 4.63. The Morgan fingerprint density at radius 1 is 1.11 bits per heavy atom. The van der Waals surface area contributed by atoms with E-state index < -0.39 is 11.6 Å². The van der Waals surface area contributed by atoms with Gasteiger partial charge in [0.1, 0.15) is 11.7 Å². The highest BCUT2D eigenvalue weighted by Gasteiger charge is 2.26. The molecular formula is C14H22O4. The summed E-state index contributed by atoms with van der Waals surface area (Å²) in [6, 6.07) is 0. The zero-order valence-electron chi connectivity index (χ0n) is 11.7. The molecular weight excluding hydrogens is 232 g/mol. The molecule has 0 heterocycles. The van der Waals surface area contributed by atoms with Crippen LogP contribution >= 0.6 is 0 Å². The van der Waals surface area contributed by atoms with Crippen LogP contribution in [0, 0.1) is 0 Å². The van der Waals surface area contributed by atoms with Gasteiger partial charge < -0.3 is 9.47 Å². The highest BCUT2D eigenvalue weighted by molar-refractivity contribution is 5.82. The van der Waals surface area contributed by atoms with Crippen molar-refractivity contribution in [3.8, 4) is 0 Å². The smallest absolute Gasteiger partial charge is 0.330 e. The molecule has 18 heavy (non-hydrogen) atoms. The van der Waals surface area contributed by atoms with Crippen LogP contribution in [-0.2, 0) is 19.1 Å². The van der Waals surface area contributed by atoms with Crippen molar-refractivity contribution >= 4 is 11.9 Å². The van der Waals surface area contributed by atoms with E-state index in [-0.39, 0.29) is 12.1 Å². The van der Waals surface area contributed by atoms with E-state index in [2.05, 4.69) is 0 Å². The Hall–Kier alpha value is -1.58. The van der Waals surface area contributed by atoms with Crippen molar-refractivity contribution in [3.63, 3.8) is 0 Å². The first-order valence-electron chi connectivity index (χ1n) is 5.99. The van der Waals surface area contributed by atoms with E-state index in [1.165, 1.54) is 12.2 Å². The first-order valence-corrected chi connectivity index (χ1v) is 5.99. The predicted octanol–water partition coefficient (Wildman–Crippen LogP) is 2.78. The minimum atomic E-state index is -0.674. The molecule has 4 nitrogen and oxygen atoms in total. The van der Waals surface area contributed by atoms with Gasteiger partial charge in [0.05, 0.1) is 0 Å². The monoisotopic (exact) mass is 254 g/mol. The van der Waals surface area contributed by atoms with Gasteiger partial charge in [0, 0.05) is 18.6 Å². The summed E-state index contributed by atoms with van der Waals surface area (Å²) in [5.74, 6) is -0.782. The summed E-state index contributed by atoms with van der Waals surface area (Å²) in [7, 11) is 0. The van der Waals surface area contributed by atoms with Crippen molar-refractivity contribution in [2.45, 2.75) is 52.7 Å². The minimum Gasteiger partial charge on any atom is -0.459 e. The van der Waals surface area contributed by atoms with Crippen molar-refractivity contribution in [1.29, 1.82) is 0 Å². The zero-order chi connectivity index (χ0) is 14.2. The van der Waals surface area contributed by atoms with Crippen LogP contribution in [0.1, 0.15) is 41.0 Å². The molecule has 0 aliphatic rings. The van der Waals surface area contributed by atoms with Crippen LogP contribution in [0.4, 0.5) is 0 Å². The maximum absolute atomic E-state index is 11.3. The summed E-state index contributed by atoms with van der Waals surface area (Å²) in [4.78, 5) is 22.6. The number of carbonyl (C=O) groups is 2. The molecule has 0 N–H and O–H groups in total. The fourth-order valence-corrected chi connectivity index (χ4v) is 1.59. The standard InChI is InChI=1S/C14H22O4/c1-6-8-12(15)17-11(3)10-14(4,5)18-13(16)9-7-2/h6-9,11H,10H2,1-5H3/b8-6+,9-7+. The van der Waals surface area contributed by atoms with Crippen molar-refractivity contribution < 1.29 is 19.1 Å². The number of hydrogen-bond acceptors (Lipinski definition) is 4. The molecule has 0 aromatic rings. The molecule has 102 valence electrons. The number of allylic oxidation sites excluding steroid dienone is 2. The second-order valence-corrected chi connectivity index (χ2v) is 4.63. The summed E-state index contributed by atoms with van der Waals surface area (Å²) >= 11 is 0. The fourth-order valence-electron chi connectivity index (χ4n) is 1.59. The van der Waals surface area contributed by atoms with Crippen LogP contribution in [-0.4, -0.2) is 23.6 Å². The third-order valence-corrected chi connectivity index (χ3v) is 2.08. The molecule has 0 aromatic heterocycles. The van der Waals surface area contributed by atoms with Gasteiger partial charge in [0.2, 0.25) is 0 Å². The SMILES string of the molecule is C/C=C/C(=O)OC(C)CC(C)(C)OC(=O)/C=C/C. The van der Waals surface area contributed by atoms with Crippen LogP contribution in [0.2, 0.25) is 0 Å². The summed E-state index contributed by atoms with van der Waals surface area (Å²) in [6.45, 7) is 8.83. The predicted molar refractivity (Wildman–Crippen MR) is 70.0 cm³/mol. The molecule has 4 heteroatoms. The van der Waals surface area contributed by atoms with Gasteiger partial charge >= 0.3 is 11.9 Å². The van der Waals surface area contributed by atoms with Crippen molar-refractivity contribution in [2.75, 3.05) is 0 Å². The average Bonchev–Trinajstić information content (AvgIpc) is 2.14. The summed E-state index contributed by atoms with van der Waals surface area (Å²) in [5, 5.41) is 0. The lowest BCUT2D eigenvalue weighted by Crippen LogP contribution is -2.32. The number of esters is 2. The molecule has 0 aromatic carbocycles. The molecule has 1 unspecified atom stereocenters. The normalized spacial score (nSPS) is 13.8. The second kappa shape index (κ2) is 7.69. The maximum atomic E-state index is 11.3. The average molecular weight is 254 g/mol. The van der Waals surface area contributed by atoms with Crippen LogP contribution in [0.5, 0.6) is 0 Å². The molecule has 0 aliphatic heterocycles. The summed E-state index contributed by atoms with van der Waals surface area (Å²) < 4.78 is 10.4. The fraction of sp³-hybridized carbons (Fsp3) is 0.571.